The molecule has 3 nitrogen and oxygen atoms in total. The van der Waals surface area contributed by atoms with Crippen molar-refractivity contribution in [2.45, 2.75) is 38.4 Å². The van der Waals surface area contributed by atoms with E-state index in [-0.39, 0.29) is 29.6 Å². The van der Waals surface area contributed by atoms with Crippen LogP contribution in [0.5, 0.6) is 0 Å². The number of Topliss-reactive ketones (excluding diaryl/α,β-unsaturated/α-hetero) is 1. The number of halogens is 1. The molecule has 2 heterocycles. The predicted octanol–water partition coefficient (Wildman–Crippen LogP) is 4.00. The second kappa shape index (κ2) is 7.29. The van der Waals surface area contributed by atoms with Gasteiger partial charge in [-0.05, 0) is 37.0 Å². The molecule has 0 N–H and O–H groups in total. The lowest BCUT2D eigenvalue weighted by Crippen LogP contribution is -2.57. The smallest absolute Gasteiger partial charge is 0.166 e. The maximum atomic E-state index is 13.9. The maximum Gasteiger partial charge on any atom is 0.166 e. The van der Waals surface area contributed by atoms with E-state index in [4.69, 9.17) is 4.74 Å². The fraction of sp³-hybridized carbons (Fsp3) is 0.409. The normalized spacial score (nSPS) is 25.8. The van der Waals surface area contributed by atoms with Gasteiger partial charge in [-0.1, -0.05) is 42.5 Å². The fourth-order valence-electron chi connectivity index (χ4n) is 4.24. The summed E-state index contributed by atoms with van der Waals surface area (Å²) in [6.45, 7) is 3.93. The van der Waals surface area contributed by atoms with E-state index < -0.39 is 0 Å². The monoisotopic (exact) mass is 353 g/mol. The number of piperidine rings is 1. The van der Waals surface area contributed by atoms with Crippen LogP contribution < -0.4 is 0 Å². The van der Waals surface area contributed by atoms with E-state index >= 15 is 0 Å². The average molecular weight is 353 g/mol. The SMILES string of the molecule is Cc1ccc(C(=O)C2CC3COCC(C2)N3Cc2ccccc2)cc1F. The highest BCUT2D eigenvalue weighted by Crippen LogP contribution is 2.34. The van der Waals surface area contributed by atoms with Crippen LogP contribution >= 0.6 is 0 Å². The molecule has 4 rings (SSSR count). The molecule has 2 atom stereocenters. The molecule has 26 heavy (non-hydrogen) atoms. The lowest BCUT2D eigenvalue weighted by molar-refractivity contribution is -0.0872. The summed E-state index contributed by atoms with van der Waals surface area (Å²) in [5.41, 5.74) is 2.35. The van der Waals surface area contributed by atoms with Gasteiger partial charge in [0.25, 0.3) is 0 Å². The van der Waals surface area contributed by atoms with Crippen molar-refractivity contribution < 1.29 is 13.9 Å². The first kappa shape index (κ1) is 17.4. The minimum Gasteiger partial charge on any atom is -0.378 e. The van der Waals surface area contributed by atoms with E-state index in [9.17, 15) is 9.18 Å². The maximum absolute atomic E-state index is 13.9. The Balaban J connectivity index is 1.50. The second-order valence-corrected chi connectivity index (χ2v) is 7.50. The lowest BCUT2D eigenvalue weighted by Gasteiger charge is -2.48. The third-order valence-electron chi connectivity index (χ3n) is 5.71. The number of hydrogen-bond donors (Lipinski definition) is 0. The Morgan fingerprint density at radius 2 is 1.81 bits per heavy atom. The molecule has 2 aliphatic heterocycles. The average Bonchev–Trinajstić information content (AvgIpc) is 2.64. The van der Waals surface area contributed by atoms with Crippen LogP contribution in [0.1, 0.15) is 34.3 Å². The van der Waals surface area contributed by atoms with Gasteiger partial charge in [-0.15, -0.1) is 0 Å². The van der Waals surface area contributed by atoms with E-state index in [1.54, 1.807) is 19.1 Å². The molecule has 136 valence electrons. The minimum absolute atomic E-state index is 0.0528. The Bertz CT molecular complexity index is 778. The Morgan fingerprint density at radius 1 is 1.12 bits per heavy atom. The van der Waals surface area contributed by atoms with E-state index in [0.29, 0.717) is 24.3 Å². The largest absolute Gasteiger partial charge is 0.378 e. The van der Waals surface area contributed by atoms with Gasteiger partial charge in [0, 0.05) is 30.1 Å². The molecular formula is C22H24FNO2. The number of nitrogens with zero attached hydrogens (tertiary/aromatic N) is 1. The number of ether oxygens (including phenoxy) is 1. The first-order valence-electron chi connectivity index (χ1n) is 9.29. The van der Waals surface area contributed by atoms with Crippen LogP contribution in [0.4, 0.5) is 4.39 Å². The standard InChI is InChI=1S/C22H24FNO2/c1-15-7-8-17(11-21(15)23)22(25)18-9-19-13-26-14-20(10-18)24(19)12-16-5-3-2-4-6-16/h2-8,11,18-20H,9-10,12-14H2,1H3. The zero-order chi connectivity index (χ0) is 18.1. The van der Waals surface area contributed by atoms with Crippen molar-refractivity contribution in [2.75, 3.05) is 13.2 Å². The topological polar surface area (TPSA) is 29.5 Å². The van der Waals surface area contributed by atoms with Gasteiger partial charge in [0.1, 0.15) is 5.82 Å². The van der Waals surface area contributed by atoms with Gasteiger partial charge in [0.2, 0.25) is 0 Å². The third kappa shape index (κ3) is 3.44. The molecule has 4 heteroatoms. The van der Waals surface area contributed by atoms with Crippen LogP contribution in [0, 0.1) is 18.7 Å². The molecule has 2 aliphatic rings. The minimum atomic E-state index is -0.305. The molecule has 2 aromatic carbocycles. The summed E-state index contributed by atoms with van der Waals surface area (Å²) in [5.74, 6) is -0.288. The number of hydrogen-bond acceptors (Lipinski definition) is 3. The highest BCUT2D eigenvalue weighted by molar-refractivity contribution is 5.98. The Hall–Kier alpha value is -2.04. The Kier molecular flexibility index (Phi) is 4.88. The lowest BCUT2D eigenvalue weighted by atomic mass is 9.80. The number of benzene rings is 2. The molecule has 0 aromatic heterocycles. The van der Waals surface area contributed by atoms with Gasteiger partial charge < -0.3 is 4.74 Å². The summed E-state index contributed by atoms with van der Waals surface area (Å²) >= 11 is 0. The number of carbonyl (C=O) groups excluding carboxylic acids is 1. The van der Waals surface area contributed by atoms with Crippen LogP contribution in [-0.4, -0.2) is 36.0 Å². The number of aryl methyl sites for hydroxylation is 1. The van der Waals surface area contributed by atoms with Crippen LogP contribution in [0.2, 0.25) is 0 Å². The molecule has 2 unspecified atom stereocenters. The van der Waals surface area contributed by atoms with Crippen molar-refractivity contribution in [3.05, 3.63) is 71.0 Å². The summed E-state index contributed by atoms with van der Waals surface area (Å²) in [6, 6.07) is 15.7. The summed E-state index contributed by atoms with van der Waals surface area (Å²) in [5, 5.41) is 0. The van der Waals surface area contributed by atoms with Gasteiger partial charge >= 0.3 is 0 Å². The van der Waals surface area contributed by atoms with Crippen molar-refractivity contribution in [1.82, 2.24) is 4.90 Å². The zero-order valence-electron chi connectivity index (χ0n) is 15.0. The molecule has 0 spiro atoms. The van der Waals surface area contributed by atoms with E-state index in [0.717, 1.165) is 19.4 Å². The van der Waals surface area contributed by atoms with E-state index in [1.165, 1.54) is 11.6 Å². The second-order valence-electron chi connectivity index (χ2n) is 7.50. The Labute approximate surface area is 153 Å². The van der Waals surface area contributed by atoms with Gasteiger partial charge in [0.15, 0.2) is 5.78 Å². The van der Waals surface area contributed by atoms with Crippen molar-refractivity contribution >= 4 is 5.78 Å². The molecule has 0 amide bonds. The van der Waals surface area contributed by atoms with Crippen LogP contribution in [0.25, 0.3) is 0 Å². The summed E-state index contributed by atoms with van der Waals surface area (Å²) in [7, 11) is 0. The van der Waals surface area contributed by atoms with Crippen LogP contribution in [0.3, 0.4) is 0 Å². The third-order valence-corrected chi connectivity index (χ3v) is 5.71. The highest BCUT2D eigenvalue weighted by atomic mass is 19.1. The fourth-order valence-corrected chi connectivity index (χ4v) is 4.24. The van der Waals surface area contributed by atoms with Crippen molar-refractivity contribution in [1.29, 1.82) is 0 Å². The molecule has 0 radical (unpaired) electrons. The molecule has 0 aliphatic carbocycles. The molecule has 2 bridgehead atoms. The van der Waals surface area contributed by atoms with Crippen molar-refractivity contribution in [3.8, 4) is 0 Å². The van der Waals surface area contributed by atoms with Gasteiger partial charge in [-0.3, -0.25) is 9.69 Å². The van der Waals surface area contributed by atoms with Gasteiger partial charge in [-0.25, -0.2) is 4.39 Å². The molecule has 2 fully saturated rings. The van der Waals surface area contributed by atoms with Crippen molar-refractivity contribution in [2.24, 2.45) is 5.92 Å². The summed E-state index contributed by atoms with van der Waals surface area (Å²) in [4.78, 5) is 15.4. The Morgan fingerprint density at radius 3 is 2.46 bits per heavy atom. The first-order valence-corrected chi connectivity index (χ1v) is 9.29. The van der Waals surface area contributed by atoms with Crippen LogP contribution in [0.15, 0.2) is 48.5 Å². The molecule has 2 aromatic rings. The number of ketones is 1. The predicted molar refractivity (Wildman–Crippen MR) is 98.6 cm³/mol. The summed E-state index contributed by atoms with van der Waals surface area (Å²) in [6.07, 6.45) is 1.55. The van der Waals surface area contributed by atoms with E-state index in [2.05, 4.69) is 29.2 Å². The van der Waals surface area contributed by atoms with E-state index in [1.807, 2.05) is 6.07 Å². The zero-order valence-corrected chi connectivity index (χ0v) is 15.0. The highest BCUT2D eigenvalue weighted by Gasteiger charge is 2.41. The number of carbonyl (C=O) groups is 1. The molecule has 0 saturated carbocycles. The quantitative estimate of drug-likeness (QED) is 0.778. The first-order chi connectivity index (χ1) is 12.6. The number of rotatable bonds is 4. The number of morpholine rings is 1. The summed E-state index contributed by atoms with van der Waals surface area (Å²) < 4.78 is 19.6. The van der Waals surface area contributed by atoms with Crippen LogP contribution in [-0.2, 0) is 11.3 Å². The molecule has 2 saturated heterocycles. The van der Waals surface area contributed by atoms with Gasteiger partial charge in [-0.2, -0.15) is 0 Å². The van der Waals surface area contributed by atoms with Gasteiger partial charge in [0.05, 0.1) is 13.2 Å². The number of fused-ring (bicyclic) bond motifs is 2. The van der Waals surface area contributed by atoms with Crippen molar-refractivity contribution in [3.63, 3.8) is 0 Å². The molecular weight excluding hydrogens is 329 g/mol.